The summed E-state index contributed by atoms with van der Waals surface area (Å²) in [4.78, 5) is 24.3. The minimum Gasteiger partial charge on any atom is -0.322 e. The lowest BCUT2D eigenvalue weighted by Crippen LogP contribution is -2.51. The van der Waals surface area contributed by atoms with Crippen LogP contribution >= 0.6 is 11.3 Å². The smallest absolute Gasteiger partial charge is 0.320 e. The zero-order chi connectivity index (χ0) is 14.9. The average molecular weight is 296 g/mol. The first-order chi connectivity index (χ1) is 9.40. The summed E-state index contributed by atoms with van der Waals surface area (Å²) in [7, 11) is 3.97. The number of aryl methyl sites for hydroxylation is 2. The minimum absolute atomic E-state index is 0.0205. The quantitative estimate of drug-likeness (QED) is 0.839. The van der Waals surface area contributed by atoms with Crippen LogP contribution in [0.25, 0.3) is 0 Å². The van der Waals surface area contributed by atoms with Gasteiger partial charge in [-0.15, -0.1) is 11.3 Å². The molecule has 0 unspecified atom stereocenters. The van der Waals surface area contributed by atoms with Gasteiger partial charge in [0, 0.05) is 38.1 Å². The van der Waals surface area contributed by atoms with Crippen molar-refractivity contribution in [2.24, 2.45) is 0 Å². The van der Waals surface area contributed by atoms with Gasteiger partial charge in [0.25, 0.3) is 0 Å². The predicted octanol–water partition coefficient (Wildman–Crippen LogP) is 2.12. The topological polar surface area (TPSA) is 39.7 Å². The van der Waals surface area contributed by atoms with Gasteiger partial charge in [0.15, 0.2) is 0 Å². The van der Waals surface area contributed by atoms with Crippen LogP contribution < -0.4 is 0 Å². The molecule has 1 aromatic rings. The summed E-state index contributed by atoms with van der Waals surface area (Å²) < 4.78 is 0. The predicted molar refractivity (Wildman–Crippen MR) is 82.2 cm³/mol. The molecule has 1 saturated heterocycles. The van der Waals surface area contributed by atoms with E-state index in [1.54, 1.807) is 11.3 Å². The van der Waals surface area contributed by atoms with Crippen LogP contribution in [0.15, 0.2) is 0 Å². The average Bonchev–Trinajstić information content (AvgIpc) is 2.76. The summed E-state index contributed by atoms with van der Waals surface area (Å²) >= 11 is 1.69. The number of rotatable bonds is 2. The first-order valence-electron chi connectivity index (χ1n) is 7.04. The van der Waals surface area contributed by atoms with E-state index in [0.29, 0.717) is 0 Å². The van der Waals surface area contributed by atoms with E-state index < -0.39 is 0 Å². The van der Waals surface area contributed by atoms with Crippen molar-refractivity contribution in [3.63, 3.8) is 0 Å². The number of likely N-dealkylation sites (N-methyl/N-ethyl adjacent to an activating group) is 1. The van der Waals surface area contributed by atoms with Crippen molar-refractivity contribution >= 4 is 17.4 Å². The standard InChI is InChI=1S/C14H24N4OS/c1-10(13-11(2)20-12(3)15-13)17(5)14(19)18-8-6-16(4)7-9-18/h10H,6-9H2,1-5H3/t10-/m0/s1. The lowest BCUT2D eigenvalue weighted by Gasteiger charge is -2.36. The Balaban J connectivity index is 2.04. The number of carbonyl (C=O) groups is 1. The lowest BCUT2D eigenvalue weighted by molar-refractivity contribution is 0.119. The summed E-state index contributed by atoms with van der Waals surface area (Å²) in [6.07, 6.45) is 0. The van der Waals surface area contributed by atoms with Crippen LogP contribution in [-0.2, 0) is 0 Å². The van der Waals surface area contributed by atoms with Gasteiger partial charge in [0.1, 0.15) is 0 Å². The zero-order valence-electron chi connectivity index (χ0n) is 13.0. The van der Waals surface area contributed by atoms with Gasteiger partial charge in [-0.3, -0.25) is 0 Å². The van der Waals surface area contributed by atoms with Crippen LogP contribution in [-0.4, -0.2) is 66.0 Å². The van der Waals surface area contributed by atoms with E-state index in [2.05, 4.69) is 30.8 Å². The Hall–Kier alpha value is -1.14. The number of carbonyl (C=O) groups excluding carboxylic acids is 1. The van der Waals surface area contributed by atoms with Crippen molar-refractivity contribution in [3.8, 4) is 0 Å². The number of thiazole rings is 1. The van der Waals surface area contributed by atoms with E-state index in [9.17, 15) is 4.79 Å². The molecule has 0 N–H and O–H groups in total. The molecule has 2 rings (SSSR count). The SMILES string of the molecule is Cc1nc([C@H](C)N(C)C(=O)N2CCN(C)CC2)c(C)s1. The second-order valence-corrected chi connectivity index (χ2v) is 6.94. The molecule has 1 atom stereocenters. The second kappa shape index (κ2) is 6.10. The first kappa shape index (κ1) is 15.3. The summed E-state index contributed by atoms with van der Waals surface area (Å²) in [5.74, 6) is 0. The molecule has 5 nitrogen and oxygen atoms in total. The molecule has 0 spiro atoms. The van der Waals surface area contributed by atoms with Crippen molar-refractivity contribution in [2.75, 3.05) is 40.3 Å². The highest BCUT2D eigenvalue weighted by Crippen LogP contribution is 2.26. The molecule has 1 aromatic heterocycles. The molecule has 1 aliphatic rings. The Morgan fingerprint density at radius 2 is 1.90 bits per heavy atom. The summed E-state index contributed by atoms with van der Waals surface area (Å²) in [5.41, 5.74) is 1.03. The van der Waals surface area contributed by atoms with Crippen LogP contribution in [0.3, 0.4) is 0 Å². The maximum absolute atomic E-state index is 12.5. The third kappa shape index (κ3) is 3.12. The number of nitrogens with zero attached hydrogens (tertiary/aromatic N) is 4. The van der Waals surface area contributed by atoms with Crippen LogP contribution in [0.1, 0.15) is 28.5 Å². The molecule has 2 heterocycles. The Kier molecular flexibility index (Phi) is 4.65. The Morgan fingerprint density at radius 1 is 1.30 bits per heavy atom. The maximum atomic E-state index is 12.5. The second-order valence-electron chi connectivity index (χ2n) is 5.53. The molecular weight excluding hydrogens is 272 g/mol. The van der Waals surface area contributed by atoms with Crippen molar-refractivity contribution in [3.05, 3.63) is 15.6 Å². The third-order valence-electron chi connectivity index (χ3n) is 3.99. The molecule has 20 heavy (non-hydrogen) atoms. The van der Waals surface area contributed by atoms with E-state index in [-0.39, 0.29) is 12.1 Å². The fourth-order valence-corrected chi connectivity index (χ4v) is 3.41. The molecule has 0 bridgehead atoms. The van der Waals surface area contributed by atoms with Crippen LogP contribution in [0.2, 0.25) is 0 Å². The van der Waals surface area contributed by atoms with Crippen molar-refractivity contribution in [2.45, 2.75) is 26.8 Å². The fraction of sp³-hybridized carbons (Fsp3) is 0.714. The highest BCUT2D eigenvalue weighted by atomic mass is 32.1. The van der Waals surface area contributed by atoms with E-state index in [1.165, 1.54) is 4.88 Å². The molecule has 112 valence electrons. The normalized spacial score (nSPS) is 18.1. The molecular formula is C14H24N4OS. The van der Waals surface area contributed by atoms with Crippen LogP contribution in [0.5, 0.6) is 0 Å². The van der Waals surface area contributed by atoms with Gasteiger partial charge in [-0.25, -0.2) is 9.78 Å². The number of hydrogen-bond acceptors (Lipinski definition) is 4. The highest BCUT2D eigenvalue weighted by molar-refractivity contribution is 7.11. The molecule has 0 aliphatic carbocycles. The molecule has 1 aliphatic heterocycles. The number of urea groups is 1. The third-order valence-corrected chi connectivity index (χ3v) is 4.89. The number of amides is 2. The Labute approximate surface area is 125 Å². The summed E-state index contributed by atoms with van der Waals surface area (Å²) in [5, 5.41) is 1.06. The molecule has 2 amide bonds. The van der Waals surface area contributed by atoms with E-state index in [4.69, 9.17) is 0 Å². The summed E-state index contributed by atoms with van der Waals surface area (Å²) in [6, 6.07) is 0.128. The van der Waals surface area contributed by atoms with E-state index in [1.807, 2.05) is 23.8 Å². The molecule has 0 radical (unpaired) electrons. The first-order valence-corrected chi connectivity index (χ1v) is 7.86. The van der Waals surface area contributed by atoms with Gasteiger partial charge in [-0.2, -0.15) is 0 Å². The fourth-order valence-electron chi connectivity index (χ4n) is 2.50. The molecule has 0 aromatic carbocycles. The number of aromatic nitrogens is 1. The highest BCUT2D eigenvalue weighted by Gasteiger charge is 2.27. The van der Waals surface area contributed by atoms with E-state index >= 15 is 0 Å². The zero-order valence-corrected chi connectivity index (χ0v) is 13.8. The largest absolute Gasteiger partial charge is 0.322 e. The van der Waals surface area contributed by atoms with Gasteiger partial charge in [0.05, 0.1) is 16.7 Å². The van der Waals surface area contributed by atoms with E-state index in [0.717, 1.165) is 36.9 Å². The van der Waals surface area contributed by atoms with Gasteiger partial charge >= 0.3 is 6.03 Å². The lowest BCUT2D eigenvalue weighted by atomic mass is 10.2. The number of hydrogen-bond donors (Lipinski definition) is 0. The van der Waals surface area contributed by atoms with Gasteiger partial charge in [0.2, 0.25) is 0 Å². The van der Waals surface area contributed by atoms with Gasteiger partial charge in [-0.1, -0.05) is 0 Å². The van der Waals surface area contributed by atoms with Gasteiger partial charge < -0.3 is 14.7 Å². The monoisotopic (exact) mass is 296 g/mol. The Morgan fingerprint density at radius 3 is 2.40 bits per heavy atom. The molecule has 1 fully saturated rings. The molecule has 6 heteroatoms. The van der Waals surface area contributed by atoms with Crippen LogP contribution in [0, 0.1) is 13.8 Å². The Bertz CT molecular complexity index is 480. The number of piperazine rings is 1. The van der Waals surface area contributed by atoms with Crippen molar-refractivity contribution < 1.29 is 4.79 Å². The maximum Gasteiger partial charge on any atom is 0.320 e. The van der Waals surface area contributed by atoms with Crippen LogP contribution in [0.4, 0.5) is 4.79 Å². The van der Waals surface area contributed by atoms with Crippen molar-refractivity contribution in [1.82, 2.24) is 19.7 Å². The molecule has 0 saturated carbocycles. The summed E-state index contributed by atoms with van der Waals surface area (Å²) in [6.45, 7) is 9.64. The van der Waals surface area contributed by atoms with Crippen molar-refractivity contribution in [1.29, 1.82) is 0 Å². The van der Waals surface area contributed by atoms with Gasteiger partial charge in [-0.05, 0) is 27.8 Å². The minimum atomic E-state index is 0.0205.